The molecule has 0 amide bonds. The molecule has 14 aromatic rings. The first-order chi connectivity index (χ1) is 32.1. The highest BCUT2D eigenvalue weighted by Gasteiger charge is 2.32. The van der Waals surface area contributed by atoms with Crippen LogP contribution in [0.2, 0.25) is 0 Å². The molecule has 304 valence electrons. The van der Waals surface area contributed by atoms with E-state index in [1.807, 2.05) is 0 Å². The topological polar surface area (TPSA) is 26.9 Å². The van der Waals surface area contributed by atoms with Crippen LogP contribution in [-0.4, -0.2) is 9.13 Å². The molecule has 0 radical (unpaired) electrons. The van der Waals surface area contributed by atoms with E-state index in [2.05, 4.69) is 234 Å². The molecule has 0 atom stereocenters. The van der Waals surface area contributed by atoms with Crippen molar-refractivity contribution in [2.75, 3.05) is 0 Å². The van der Waals surface area contributed by atoms with E-state index in [0.717, 1.165) is 75.6 Å². The van der Waals surface area contributed by atoms with E-state index in [0.29, 0.717) is 0 Å². The minimum atomic E-state index is -3.53. The molecule has 0 saturated heterocycles. The summed E-state index contributed by atoms with van der Waals surface area (Å²) in [6.07, 6.45) is 0. The van der Waals surface area contributed by atoms with Crippen molar-refractivity contribution in [2.45, 2.75) is 0 Å². The monoisotopic (exact) mass is 864 g/mol. The van der Waals surface area contributed by atoms with Crippen LogP contribution in [0.3, 0.4) is 0 Å². The number of hydrogen-bond donors (Lipinski definition) is 0. The lowest BCUT2D eigenvalue weighted by atomic mass is 9.93. The molecule has 14 rings (SSSR count). The van der Waals surface area contributed by atoms with E-state index in [-0.39, 0.29) is 0 Å². The van der Waals surface area contributed by atoms with Gasteiger partial charge in [0.1, 0.15) is 0 Å². The Morgan fingerprint density at radius 3 is 1.18 bits per heavy atom. The smallest absolute Gasteiger partial charge is 0.171 e. The quantitative estimate of drug-likeness (QED) is 0.125. The average molecular weight is 865 g/mol. The lowest BCUT2D eigenvalue weighted by molar-refractivity contribution is 0.592. The van der Waals surface area contributed by atoms with Gasteiger partial charge in [-0.1, -0.05) is 133 Å². The van der Waals surface area contributed by atoms with Gasteiger partial charge in [-0.15, -0.1) is 11.3 Å². The molecular formula is C60H37N2OPS. The zero-order valence-electron chi connectivity index (χ0n) is 35.0. The van der Waals surface area contributed by atoms with Gasteiger partial charge in [0.2, 0.25) is 0 Å². The van der Waals surface area contributed by atoms with Crippen molar-refractivity contribution in [3.8, 4) is 11.4 Å². The first kappa shape index (κ1) is 36.7. The van der Waals surface area contributed by atoms with E-state index in [4.69, 9.17) is 0 Å². The van der Waals surface area contributed by atoms with Crippen LogP contribution in [-0.2, 0) is 4.57 Å². The summed E-state index contributed by atoms with van der Waals surface area (Å²) in [5.74, 6) is 0. The predicted molar refractivity (Wildman–Crippen MR) is 280 cm³/mol. The van der Waals surface area contributed by atoms with Gasteiger partial charge in [-0.2, -0.15) is 0 Å². The fourth-order valence-corrected chi connectivity index (χ4v) is 14.8. The van der Waals surface area contributed by atoms with Crippen LogP contribution in [0.4, 0.5) is 0 Å². The lowest BCUT2D eigenvalue weighted by Gasteiger charge is -2.21. The zero-order valence-corrected chi connectivity index (χ0v) is 36.7. The minimum absolute atomic E-state index is 0.816. The highest BCUT2D eigenvalue weighted by atomic mass is 32.1. The van der Waals surface area contributed by atoms with Crippen molar-refractivity contribution < 1.29 is 4.57 Å². The average Bonchev–Trinajstić information content (AvgIpc) is 4.03. The van der Waals surface area contributed by atoms with Crippen molar-refractivity contribution in [2.24, 2.45) is 0 Å². The largest absolute Gasteiger partial charge is 0.309 e. The second-order valence-electron chi connectivity index (χ2n) is 17.2. The third kappa shape index (κ3) is 5.27. The van der Waals surface area contributed by atoms with Gasteiger partial charge in [0.25, 0.3) is 0 Å². The van der Waals surface area contributed by atoms with Crippen LogP contribution >= 0.6 is 18.5 Å². The molecule has 3 nitrogen and oxygen atoms in total. The van der Waals surface area contributed by atoms with E-state index in [1.54, 1.807) is 11.3 Å². The van der Waals surface area contributed by atoms with Crippen LogP contribution in [0.15, 0.2) is 224 Å². The molecule has 0 saturated carbocycles. The molecule has 0 unspecified atom stereocenters. The van der Waals surface area contributed by atoms with Crippen molar-refractivity contribution in [1.82, 2.24) is 9.13 Å². The molecule has 0 aliphatic rings. The van der Waals surface area contributed by atoms with Crippen molar-refractivity contribution in [3.63, 3.8) is 0 Å². The molecule has 11 aromatic carbocycles. The maximum Gasteiger partial charge on any atom is 0.171 e. The molecule has 65 heavy (non-hydrogen) atoms. The van der Waals surface area contributed by atoms with Gasteiger partial charge < -0.3 is 13.7 Å². The van der Waals surface area contributed by atoms with Gasteiger partial charge in [-0.25, -0.2) is 0 Å². The van der Waals surface area contributed by atoms with Gasteiger partial charge in [0.15, 0.2) is 7.14 Å². The SMILES string of the molecule is O=P(c1ccc2c(c1)sc1cc3c4ccccc4c4ccccc4c3cc12)(c1ccc2c(c1)c1ccccc1n2-c1ccccc1)c1ccc2c(c1)c1ccccc1n2-c1ccccc1. The van der Waals surface area contributed by atoms with Crippen LogP contribution in [0.5, 0.6) is 0 Å². The molecule has 5 heteroatoms. The Bertz CT molecular complexity index is 4170. The second kappa shape index (κ2) is 13.9. The summed E-state index contributed by atoms with van der Waals surface area (Å²) >= 11 is 1.79. The van der Waals surface area contributed by atoms with Crippen LogP contribution in [0.1, 0.15) is 0 Å². The predicted octanol–water partition coefficient (Wildman–Crippen LogP) is 15.3. The van der Waals surface area contributed by atoms with Crippen molar-refractivity contribution in [3.05, 3.63) is 224 Å². The Morgan fingerprint density at radius 1 is 0.277 bits per heavy atom. The highest BCUT2D eigenvalue weighted by Crippen LogP contribution is 2.48. The molecule has 0 bridgehead atoms. The minimum Gasteiger partial charge on any atom is -0.309 e. The summed E-state index contributed by atoms with van der Waals surface area (Å²) in [5, 5.41) is 16.9. The van der Waals surface area contributed by atoms with E-state index in [1.165, 1.54) is 47.8 Å². The first-order valence-electron chi connectivity index (χ1n) is 22.1. The van der Waals surface area contributed by atoms with E-state index < -0.39 is 7.14 Å². The summed E-state index contributed by atoms with van der Waals surface area (Å²) in [6, 6.07) is 80.2. The number of para-hydroxylation sites is 4. The summed E-state index contributed by atoms with van der Waals surface area (Å²) in [4.78, 5) is 0. The summed E-state index contributed by atoms with van der Waals surface area (Å²) in [5.41, 5.74) is 6.60. The van der Waals surface area contributed by atoms with E-state index >= 15 is 4.57 Å². The van der Waals surface area contributed by atoms with Gasteiger partial charge in [0, 0.05) is 69.0 Å². The Kier molecular flexibility index (Phi) is 7.83. The number of benzene rings is 11. The molecule has 0 aliphatic heterocycles. The molecule has 0 aliphatic carbocycles. The second-order valence-corrected chi connectivity index (χ2v) is 21.0. The van der Waals surface area contributed by atoms with E-state index in [9.17, 15) is 0 Å². The molecule has 0 spiro atoms. The number of thiophene rings is 1. The van der Waals surface area contributed by atoms with Gasteiger partial charge >= 0.3 is 0 Å². The molecule has 0 fully saturated rings. The standard InChI is InChI=1S/C60H37N2OPS/c63-64(40-28-31-57-52(33-40)47-23-11-13-25-55(47)61(57)38-15-3-1-4-16-38,41-29-32-58-53(34-41)48-24-12-14-26-56(48)62(58)39-17-5-2-6-18-39)42-27-30-49-54-36-50-45-21-9-7-19-43(45)44-20-8-10-22-46(44)51(50)37-60(54)65-59(49)35-42/h1-37H. The number of hydrogen-bond acceptors (Lipinski definition) is 2. The number of aromatic nitrogens is 2. The zero-order chi connectivity index (χ0) is 42.8. The highest BCUT2D eigenvalue weighted by molar-refractivity contribution is 7.85. The Labute approximate surface area is 378 Å². The third-order valence-electron chi connectivity index (χ3n) is 13.8. The number of rotatable bonds is 5. The normalized spacial score (nSPS) is 12.4. The van der Waals surface area contributed by atoms with Gasteiger partial charge in [-0.3, -0.25) is 0 Å². The third-order valence-corrected chi connectivity index (χ3v) is 17.9. The summed E-state index contributed by atoms with van der Waals surface area (Å²) in [7, 11) is -3.53. The Balaban J connectivity index is 1.04. The van der Waals surface area contributed by atoms with Gasteiger partial charge in [-0.05, 0) is 123 Å². The molecule has 0 N–H and O–H groups in total. The number of nitrogens with zero attached hydrogens (tertiary/aromatic N) is 2. The Hall–Kier alpha value is -7.75. The van der Waals surface area contributed by atoms with Crippen LogP contribution in [0.25, 0.3) is 107 Å². The van der Waals surface area contributed by atoms with Crippen LogP contribution < -0.4 is 15.9 Å². The van der Waals surface area contributed by atoms with Crippen LogP contribution in [0, 0.1) is 0 Å². The summed E-state index contributed by atoms with van der Waals surface area (Å²) < 4.78 is 24.1. The van der Waals surface area contributed by atoms with Crippen molar-refractivity contribution >= 4 is 130 Å². The molecule has 3 aromatic heterocycles. The number of fused-ring (bicyclic) bond motifs is 15. The fourth-order valence-electron chi connectivity index (χ4n) is 10.8. The summed E-state index contributed by atoms with van der Waals surface area (Å²) in [6.45, 7) is 0. The first-order valence-corrected chi connectivity index (χ1v) is 24.6. The van der Waals surface area contributed by atoms with Crippen molar-refractivity contribution in [1.29, 1.82) is 0 Å². The Morgan fingerprint density at radius 2 is 0.662 bits per heavy atom. The maximum atomic E-state index is 17.1. The fraction of sp³-hybridized carbons (Fsp3) is 0. The van der Waals surface area contributed by atoms with Gasteiger partial charge in [0.05, 0.1) is 22.1 Å². The lowest BCUT2D eigenvalue weighted by Crippen LogP contribution is -2.25. The maximum absolute atomic E-state index is 17.1. The molecule has 3 heterocycles. The molecular weight excluding hydrogens is 828 g/mol.